The predicted octanol–water partition coefficient (Wildman–Crippen LogP) is 4.99. The zero-order valence-electron chi connectivity index (χ0n) is 13.6. The molecule has 1 heterocycles. The van der Waals surface area contributed by atoms with E-state index in [1.807, 2.05) is 19.4 Å². The van der Waals surface area contributed by atoms with Crippen LogP contribution in [0.25, 0.3) is 0 Å². The molecule has 0 unspecified atom stereocenters. The molecule has 1 N–H and O–H groups in total. The molecule has 23 heavy (non-hydrogen) atoms. The van der Waals surface area contributed by atoms with Gasteiger partial charge in [-0.05, 0) is 38.3 Å². The highest BCUT2D eigenvalue weighted by atomic mass is 32.2. The number of aromatic nitrogens is 1. The summed E-state index contributed by atoms with van der Waals surface area (Å²) < 4.78 is 29.0. The standard InChI is InChI=1S/C16H22F2N2OS2/c1-10-9-12(22-2)13(14(19-10)23-3)20-15(21)16(17,18)11-7-5-4-6-8-11/h9,11H,4-8H2,1-3H3,(H,20,21). The third-order valence-electron chi connectivity index (χ3n) is 4.15. The van der Waals surface area contributed by atoms with Crippen LogP contribution in [0, 0.1) is 12.8 Å². The van der Waals surface area contributed by atoms with Gasteiger partial charge in [-0.3, -0.25) is 4.79 Å². The normalized spacial score (nSPS) is 16.4. The van der Waals surface area contributed by atoms with Gasteiger partial charge in [0.1, 0.15) is 5.03 Å². The van der Waals surface area contributed by atoms with Crippen LogP contribution in [0.4, 0.5) is 14.5 Å². The van der Waals surface area contributed by atoms with Gasteiger partial charge in [-0.25, -0.2) is 4.98 Å². The van der Waals surface area contributed by atoms with Gasteiger partial charge in [-0.2, -0.15) is 8.78 Å². The number of nitrogens with zero attached hydrogens (tertiary/aromatic N) is 1. The highest BCUT2D eigenvalue weighted by molar-refractivity contribution is 7.99. The Morgan fingerprint density at radius 2 is 1.91 bits per heavy atom. The third-order valence-corrected chi connectivity index (χ3v) is 5.59. The number of nitrogens with one attached hydrogen (secondary N) is 1. The molecule has 1 amide bonds. The number of aryl methyl sites for hydroxylation is 1. The van der Waals surface area contributed by atoms with Crippen LogP contribution in [0.1, 0.15) is 37.8 Å². The predicted molar refractivity (Wildman–Crippen MR) is 92.7 cm³/mol. The largest absolute Gasteiger partial charge is 0.327 e. The summed E-state index contributed by atoms with van der Waals surface area (Å²) in [5.41, 5.74) is 1.20. The van der Waals surface area contributed by atoms with Gasteiger partial charge in [-0.15, -0.1) is 23.5 Å². The minimum Gasteiger partial charge on any atom is -0.318 e. The minimum absolute atomic E-state index is 0.399. The molecule has 1 aliphatic carbocycles. The first-order valence-corrected chi connectivity index (χ1v) is 10.1. The number of rotatable bonds is 5. The van der Waals surface area contributed by atoms with Gasteiger partial charge in [0.15, 0.2) is 0 Å². The number of thioether (sulfide) groups is 2. The van der Waals surface area contributed by atoms with Crippen LogP contribution in [0.5, 0.6) is 0 Å². The van der Waals surface area contributed by atoms with Crippen molar-refractivity contribution in [2.75, 3.05) is 17.8 Å². The van der Waals surface area contributed by atoms with Crippen LogP contribution in [0.15, 0.2) is 16.0 Å². The Bertz CT molecular complexity index is 550. The topological polar surface area (TPSA) is 42.0 Å². The zero-order valence-corrected chi connectivity index (χ0v) is 15.3. The smallest absolute Gasteiger partial charge is 0.318 e. The van der Waals surface area contributed by atoms with Crippen LogP contribution in [0.2, 0.25) is 0 Å². The lowest BCUT2D eigenvalue weighted by Gasteiger charge is -2.29. The van der Waals surface area contributed by atoms with E-state index in [1.165, 1.54) is 23.5 Å². The van der Waals surface area contributed by atoms with E-state index >= 15 is 0 Å². The van der Waals surface area contributed by atoms with Crippen molar-refractivity contribution < 1.29 is 13.6 Å². The Hall–Kier alpha value is -0.820. The van der Waals surface area contributed by atoms with Crippen molar-refractivity contribution in [1.82, 2.24) is 4.98 Å². The van der Waals surface area contributed by atoms with Crippen LogP contribution in [0.3, 0.4) is 0 Å². The molecule has 0 bridgehead atoms. The number of hydrogen-bond acceptors (Lipinski definition) is 4. The quantitative estimate of drug-likeness (QED) is 0.751. The first kappa shape index (κ1) is 18.5. The van der Waals surface area contributed by atoms with E-state index in [2.05, 4.69) is 10.3 Å². The van der Waals surface area contributed by atoms with Crippen LogP contribution in [-0.2, 0) is 4.79 Å². The van der Waals surface area contributed by atoms with Crippen molar-refractivity contribution >= 4 is 35.1 Å². The number of pyridine rings is 1. The number of halogens is 2. The van der Waals surface area contributed by atoms with E-state index < -0.39 is 17.7 Å². The molecule has 3 nitrogen and oxygen atoms in total. The van der Waals surface area contributed by atoms with Crippen molar-refractivity contribution in [2.24, 2.45) is 5.92 Å². The van der Waals surface area contributed by atoms with Gasteiger partial charge in [-0.1, -0.05) is 19.3 Å². The van der Waals surface area contributed by atoms with Crippen molar-refractivity contribution in [3.05, 3.63) is 11.8 Å². The summed E-state index contributed by atoms with van der Waals surface area (Å²) in [5.74, 6) is -5.40. The number of alkyl halides is 2. The third kappa shape index (κ3) is 4.18. The second kappa shape index (κ2) is 7.83. The molecule has 1 fully saturated rings. The first-order valence-electron chi connectivity index (χ1n) is 7.69. The lowest BCUT2D eigenvalue weighted by atomic mass is 9.84. The lowest BCUT2D eigenvalue weighted by molar-refractivity contribution is -0.150. The van der Waals surface area contributed by atoms with Gasteiger partial charge >= 0.3 is 5.92 Å². The summed E-state index contributed by atoms with van der Waals surface area (Å²) >= 11 is 2.76. The molecule has 2 rings (SSSR count). The average molecular weight is 360 g/mol. The molecule has 0 saturated heterocycles. The SMILES string of the molecule is CSc1cc(C)nc(SC)c1NC(=O)C(F)(F)C1CCCCC1. The molecule has 0 aliphatic heterocycles. The van der Waals surface area contributed by atoms with Crippen LogP contribution < -0.4 is 5.32 Å². The number of amides is 1. The molecular formula is C16H22F2N2OS2. The molecule has 1 aromatic rings. The van der Waals surface area contributed by atoms with Crippen molar-refractivity contribution in [2.45, 2.75) is 54.9 Å². The van der Waals surface area contributed by atoms with Crippen LogP contribution >= 0.6 is 23.5 Å². The molecular weight excluding hydrogens is 338 g/mol. The Labute approximate surface area is 144 Å². The van der Waals surface area contributed by atoms with Crippen LogP contribution in [-0.4, -0.2) is 29.3 Å². The van der Waals surface area contributed by atoms with E-state index in [0.717, 1.165) is 29.9 Å². The molecule has 0 aromatic carbocycles. The molecule has 0 spiro atoms. The molecule has 128 valence electrons. The van der Waals surface area contributed by atoms with E-state index in [0.29, 0.717) is 23.6 Å². The molecule has 0 radical (unpaired) electrons. The number of carbonyl (C=O) groups is 1. The Kier molecular flexibility index (Phi) is 6.31. The second-order valence-electron chi connectivity index (χ2n) is 5.76. The molecule has 7 heteroatoms. The Balaban J connectivity index is 2.25. The fraction of sp³-hybridized carbons (Fsp3) is 0.625. The molecule has 1 aliphatic rings. The Morgan fingerprint density at radius 1 is 1.26 bits per heavy atom. The fourth-order valence-electron chi connectivity index (χ4n) is 2.89. The van der Waals surface area contributed by atoms with Crippen molar-refractivity contribution in [1.29, 1.82) is 0 Å². The first-order chi connectivity index (χ1) is 10.9. The summed E-state index contributed by atoms with van der Waals surface area (Å²) in [6, 6.07) is 1.80. The molecule has 1 aromatic heterocycles. The zero-order chi connectivity index (χ0) is 17.0. The van der Waals surface area contributed by atoms with Gasteiger partial charge in [0.25, 0.3) is 5.91 Å². The summed E-state index contributed by atoms with van der Waals surface area (Å²) in [6.07, 6.45) is 7.02. The number of carbonyl (C=O) groups excluding carboxylic acids is 1. The van der Waals surface area contributed by atoms with Gasteiger partial charge in [0.2, 0.25) is 0 Å². The van der Waals surface area contributed by atoms with Crippen molar-refractivity contribution in [3.8, 4) is 0 Å². The molecule has 0 atom stereocenters. The van der Waals surface area contributed by atoms with E-state index in [-0.39, 0.29) is 0 Å². The van der Waals surface area contributed by atoms with E-state index in [1.54, 1.807) is 6.07 Å². The monoisotopic (exact) mass is 360 g/mol. The molecule has 1 saturated carbocycles. The Morgan fingerprint density at radius 3 is 2.48 bits per heavy atom. The number of anilines is 1. The maximum absolute atomic E-state index is 14.5. The maximum atomic E-state index is 14.5. The highest BCUT2D eigenvalue weighted by Gasteiger charge is 2.47. The highest BCUT2D eigenvalue weighted by Crippen LogP contribution is 2.39. The van der Waals surface area contributed by atoms with Gasteiger partial charge in [0.05, 0.1) is 5.69 Å². The average Bonchev–Trinajstić information content (AvgIpc) is 2.56. The summed E-state index contributed by atoms with van der Waals surface area (Å²) in [6.45, 7) is 1.85. The summed E-state index contributed by atoms with van der Waals surface area (Å²) in [4.78, 5) is 17.3. The number of hydrogen-bond donors (Lipinski definition) is 1. The van der Waals surface area contributed by atoms with E-state index in [4.69, 9.17) is 0 Å². The second-order valence-corrected chi connectivity index (χ2v) is 7.41. The van der Waals surface area contributed by atoms with Crippen molar-refractivity contribution in [3.63, 3.8) is 0 Å². The lowest BCUT2D eigenvalue weighted by Crippen LogP contribution is -2.42. The summed E-state index contributed by atoms with van der Waals surface area (Å²) in [7, 11) is 0. The fourth-order valence-corrected chi connectivity index (χ4v) is 4.19. The maximum Gasteiger partial charge on any atom is 0.327 e. The van der Waals surface area contributed by atoms with Gasteiger partial charge < -0.3 is 5.32 Å². The summed E-state index contributed by atoms with van der Waals surface area (Å²) in [5, 5.41) is 3.02. The minimum atomic E-state index is -3.34. The van der Waals surface area contributed by atoms with E-state index in [9.17, 15) is 13.6 Å². The van der Waals surface area contributed by atoms with Gasteiger partial charge in [0, 0.05) is 16.5 Å².